The molecule has 0 fully saturated rings. The number of amides is 1. The lowest BCUT2D eigenvalue weighted by Gasteiger charge is -2.06. The van der Waals surface area contributed by atoms with E-state index in [0.29, 0.717) is 5.69 Å². The maximum absolute atomic E-state index is 13.2. The predicted octanol–water partition coefficient (Wildman–Crippen LogP) is 2.61. The van der Waals surface area contributed by atoms with Crippen LogP contribution in [0.25, 0.3) is 0 Å². The molecule has 0 bridgehead atoms. The minimum atomic E-state index is -0.988. The van der Waals surface area contributed by atoms with Crippen LogP contribution in [0.1, 0.15) is 10.4 Å². The van der Waals surface area contributed by atoms with Gasteiger partial charge in [0.2, 0.25) is 0 Å². The van der Waals surface area contributed by atoms with E-state index in [4.69, 9.17) is 0 Å². The first-order chi connectivity index (χ1) is 8.18. The van der Waals surface area contributed by atoms with E-state index in [1.807, 2.05) is 0 Å². The zero-order chi connectivity index (χ0) is 12.3. The second-order valence-electron chi connectivity index (χ2n) is 3.30. The highest BCUT2D eigenvalue weighted by Crippen LogP contribution is 2.13. The summed E-state index contributed by atoms with van der Waals surface area (Å²) >= 11 is 0. The first-order valence-corrected chi connectivity index (χ1v) is 4.84. The lowest BCUT2D eigenvalue weighted by molar-refractivity contribution is 0.101. The van der Waals surface area contributed by atoms with Crippen LogP contribution in [-0.2, 0) is 0 Å². The van der Waals surface area contributed by atoms with E-state index in [1.165, 1.54) is 0 Å². The fraction of sp³-hybridized carbons (Fsp3) is 0. The monoisotopic (exact) mass is 234 g/mol. The van der Waals surface area contributed by atoms with Gasteiger partial charge in [0.15, 0.2) is 11.6 Å². The van der Waals surface area contributed by atoms with Gasteiger partial charge in [0.05, 0.1) is 12.4 Å². The van der Waals surface area contributed by atoms with Gasteiger partial charge in [0.1, 0.15) is 5.56 Å². The van der Waals surface area contributed by atoms with E-state index in [2.05, 4.69) is 10.3 Å². The first-order valence-electron chi connectivity index (χ1n) is 4.84. The number of halogens is 2. The van der Waals surface area contributed by atoms with Crippen LogP contribution in [0.3, 0.4) is 0 Å². The molecule has 0 radical (unpaired) electrons. The Morgan fingerprint density at radius 3 is 2.24 bits per heavy atom. The third kappa shape index (κ3) is 2.44. The lowest BCUT2D eigenvalue weighted by Crippen LogP contribution is -2.16. The number of rotatable bonds is 2. The molecule has 0 aliphatic heterocycles. The van der Waals surface area contributed by atoms with Crippen LogP contribution in [0.2, 0.25) is 0 Å². The number of aromatic nitrogens is 1. The van der Waals surface area contributed by atoms with Gasteiger partial charge in [-0.15, -0.1) is 0 Å². The second-order valence-corrected chi connectivity index (χ2v) is 3.30. The number of nitrogens with zero attached hydrogens (tertiary/aromatic N) is 1. The Balaban J connectivity index is 2.27. The molecule has 0 saturated heterocycles. The highest BCUT2D eigenvalue weighted by molar-refractivity contribution is 6.04. The van der Waals surface area contributed by atoms with Crippen LogP contribution in [0.5, 0.6) is 0 Å². The van der Waals surface area contributed by atoms with Gasteiger partial charge in [-0.3, -0.25) is 9.78 Å². The standard InChI is InChI=1S/C12H8F2N2O/c13-9-6-15-7-10(14)11(9)12(17)16-8-4-2-1-3-5-8/h1-7H,(H,16,17). The topological polar surface area (TPSA) is 42.0 Å². The Morgan fingerprint density at radius 1 is 1.06 bits per heavy atom. The molecule has 3 nitrogen and oxygen atoms in total. The Morgan fingerprint density at radius 2 is 1.65 bits per heavy atom. The van der Waals surface area contributed by atoms with E-state index < -0.39 is 23.1 Å². The van der Waals surface area contributed by atoms with Gasteiger partial charge in [-0.1, -0.05) is 18.2 Å². The van der Waals surface area contributed by atoms with E-state index in [-0.39, 0.29) is 0 Å². The summed E-state index contributed by atoms with van der Waals surface area (Å²) < 4.78 is 26.5. The van der Waals surface area contributed by atoms with Gasteiger partial charge in [-0.05, 0) is 12.1 Å². The number of carbonyl (C=O) groups excluding carboxylic acids is 1. The lowest BCUT2D eigenvalue weighted by atomic mass is 10.2. The zero-order valence-electron chi connectivity index (χ0n) is 8.65. The predicted molar refractivity (Wildman–Crippen MR) is 58.5 cm³/mol. The molecule has 17 heavy (non-hydrogen) atoms. The molecule has 5 heteroatoms. The number of pyridine rings is 1. The number of nitrogens with one attached hydrogen (secondary N) is 1. The average molecular weight is 234 g/mol. The van der Waals surface area contributed by atoms with Gasteiger partial charge >= 0.3 is 0 Å². The van der Waals surface area contributed by atoms with Crippen LogP contribution in [0.4, 0.5) is 14.5 Å². The van der Waals surface area contributed by atoms with Gasteiger partial charge in [0.25, 0.3) is 5.91 Å². The number of carbonyl (C=O) groups is 1. The molecule has 2 rings (SSSR count). The highest BCUT2D eigenvalue weighted by Gasteiger charge is 2.17. The number of hydrogen-bond donors (Lipinski definition) is 1. The molecule has 0 aliphatic carbocycles. The Hall–Kier alpha value is -2.30. The molecule has 1 heterocycles. The molecule has 0 unspecified atom stereocenters. The molecule has 0 atom stereocenters. The van der Waals surface area contributed by atoms with Crippen molar-refractivity contribution in [2.24, 2.45) is 0 Å². The summed E-state index contributed by atoms with van der Waals surface area (Å²) in [6.07, 6.45) is 1.59. The summed E-state index contributed by atoms with van der Waals surface area (Å²) in [5, 5.41) is 2.39. The zero-order valence-corrected chi connectivity index (χ0v) is 8.65. The van der Waals surface area contributed by atoms with Crippen LogP contribution in [0.15, 0.2) is 42.7 Å². The van der Waals surface area contributed by atoms with Crippen LogP contribution in [-0.4, -0.2) is 10.9 Å². The SMILES string of the molecule is O=C(Nc1ccccc1)c1c(F)cncc1F. The first kappa shape index (κ1) is 11.2. The Bertz CT molecular complexity index is 523. The number of para-hydroxylation sites is 1. The minimum Gasteiger partial charge on any atom is -0.322 e. The summed E-state index contributed by atoms with van der Waals surface area (Å²) in [6, 6.07) is 8.41. The summed E-state index contributed by atoms with van der Waals surface area (Å²) in [5.74, 6) is -2.81. The maximum Gasteiger partial charge on any atom is 0.261 e. The van der Waals surface area contributed by atoms with Gasteiger partial charge in [0, 0.05) is 5.69 Å². The molecule has 86 valence electrons. The fourth-order valence-corrected chi connectivity index (χ4v) is 1.34. The van der Waals surface area contributed by atoms with Crippen LogP contribution >= 0.6 is 0 Å². The Labute approximate surface area is 96.1 Å². The number of hydrogen-bond acceptors (Lipinski definition) is 2. The van der Waals surface area contributed by atoms with Crippen molar-refractivity contribution >= 4 is 11.6 Å². The normalized spacial score (nSPS) is 10.0. The van der Waals surface area contributed by atoms with Gasteiger partial charge in [-0.25, -0.2) is 8.78 Å². The average Bonchev–Trinajstić information content (AvgIpc) is 2.30. The molecule has 1 aromatic heterocycles. The molecule has 1 aromatic carbocycles. The summed E-state index contributed by atoms with van der Waals surface area (Å²) in [4.78, 5) is 14.9. The highest BCUT2D eigenvalue weighted by atomic mass is 19.1. The van der Waals surface area contributed by atoms with Crippen molar-refractivity contribution in [2.75, 3.05) is 5.32 Å². The molecular weight excluding hydrogens is 226 g/mol. The molecule has 0 aliphatic rings. The summed E-state index contributed by atoms with van der Waals surface area (Å²) in [6.45, 7) is 0. The van der Waals surface area contributed by atoms with Gasteiger partial charge < -0.3 is 5.32 Å². The minimum absolute atomic E-state index is 0.466. The van der Waals surface area contributed by atoms with Crippen molar-refractivity contribution < 1.29 is 13.6 Å². The third-order valence-corrected chi connectivity index (χ3v) is 2.11. The van der Waals surface area contributed by atoms with Crippen molar-refractivity contribution in [1.82, 2.24) is 4.98 Å². The molecule has 0 saturated carbocycles. The molecule has 0 spiro atoms. The molecular formula is C12H8F2N2O. The quantitative estimate of drug-likeness (QED) is 0.867. The van der Waals surface area contributed by atoms with Gasteiger partial charge in [-0.2, -0.15) is 0 Å². The van der Waals surface area contributed by atoms with E-state index in [9.17, 15) is 13.6 Å². The van der Waals surface area contributed by atoms with Crippen molar-refractivity contribution in [3.05, 3.63) is 59.9 Å². The van der Waals surface area contributed by atoms with E-state index in [0.717, 1.165) is 12.4 Å². The third-order valence-electron chi connectivity index (χ3n) is 2.11. The molecule has 2 aromatic rings. The van der Waals surface area contributed by atoms with E-state index in [1.54, 1.807) is 30.3 Å². The van der Waals surface area contributed by atoms with Crippen LogP contribution in [0, 0.1) is 11.6 Å². The van der Waals surface area contributed by atoms with Crippen molar-refractivity contribution in [1.29, 1.82) is 0 Å². The second kappa shape index (κ2) is 4.69. The maximum atomic E-state index is 13.2. The number of benzene rings is 1. The van der Waals surface area contributed by atoms with E-state index >= 15 is 0 Å². The van der Waals surface area contributed by atoms with Crippen molar-refractivity contribution in [3.8, 4) is 0 Å². The largest absolute Gasteiger partial charge is 0.322 e. The summed E-state index contributed by atoms with van der Waals surface area (Å²) in [7, 11) is 0. The summed E-state index contributed by atoms with van der Waals surface area (Å²) in [5.41, 5.74) is -0.169. The smallest absolute Gasteiger partial charge is 0.261 e. The Kier molecular flexibility index (Phi) is 3.09. The molecule has 1 N–H and O–H groups in total. The van der Waals surface area contributed by atoms with Crippen LogP contribution < -0.4 is 5.32 Å². The van der Waals surface area contributed by atoms with Crippen molar-refractivity contribution in [2.45, 2.75) is 0 Å². The molecule has 1 amide bonds. The van der Waals surface area contributed by atoms with Crippen molar-refractivity contribution in [3.63, 3.8) is 0 Å². The number of anilines is 1. The fourth-order valence-electron chi connectivity index (χ4n) is 1.34.